The van der Waals surface area contributed by atoms with Crippen LogP contribution in [0.25, 0.3) is 22.3 Å². The van der Waals surface area contributed by atoms with Crippen molar-refractivity contribution >= 4 is 28.5 Å². The maximum atomic E-state index is 12.1. The van der Waals surface area contributed by atoms with E-state index >= 15 is 0 Å². The Kier molecular flexibility index (Phi) is 5.03. The summed E-state index contributed by atoms with van der Waals surface area (Å²) >= 11 is 0. The largest absolute Gasteiger partial charge is 0.473 e. The van der Waals surface area contributed by atoms with Gasteiger partial charge in [-0.1, -0.05) is 12.1 Å². The van der Waals surface area contributed by atoms with Crippen molar-refractivity contribution in [1.82, 2.24) is 20.3 Å². The second-order valence-corrected chi connectivity index (χ2v) is 7.85. The van der Waals surface area contributed by atoms with Gasteiger partial charge >= 0.3 is 0 Å². The number of anilines is 1. The highest BCUT2D eigenvalue weighted by Gasteiger charge is 2.29. The van der Waals surface area contributed by atoms with Crippen LogP contribution in [-0.2, 0) is 14.3 Å². The molecular weight excluding hydrogens is 398 g/mol. The molecule has 9 nitrogen and oxygen atoms in total. The van der Waals surface area contributed by atoms with Crippen molar-refractivity contribution in [3.05, 3.63) is 36.7 Å². The van der Waals surface area contributed by atoms with Crippen molar-refractivity contribution < 1.29 is 19.1 Å². The number of hydrogen-bond acceptors (Lipinski definition) is 6. The molecule has 4 heterocycles. The molecule has 2 fully saturated rings. The van der Waals surface area contributed by atoms with Gasteiger partial charge in [-0.25, -0.2) is 9.97 Å². The molecule has 0 bridgehead atoms. The van der Waals surface area contributed by atoms with E-state index < -0.39 is 0 Å². The second kappa shape index (κ2) is 7.99. The van der Waals surface area contributed by atoms with Crippen molar-refractivity contribution in [2.45, 2.75) is 19.4 Å². The quantitative estimate of drug-likeness (QED) is 0.651. The second-order valence-electron chi connectivity index (χ2n) is 7.85. The Hall–Kier alpha value is -3.46. The van der Waals surface area contributed by atoms with Gasteiger partial charge in [0.2, 0.25) is 11.8 Å². The van der Waals surface area contributed by atoms with Crippen molar-refractivity contribution in [3.8, 4) is 17.1 Å². The van der Waals surface area contributed by atoms with Crippen LogP contribution < -0.4 is 15.0 Å². The molecule has 0 aliphatic carbocycles. The van der Waals surface area contributed by atoms with E-state index in [-0.39, 0.29) is 30.4 Å². The third-order valence-electron chi connectivity index (χ3n) is 5.81. The summed E-state index contributed by atoms with van der Waals surface area (Å²) in [5, 5.41) is 2.84. The molecule has 3 aromatic rings. The van der Waals surface area contributed by atoms with Crippen LogP contribution in [0.15, 0.2) is 36.7 Å². The zero-order valence-electron chi connectivity index (χ0n) is 17.1. The molecule has 160 valence electrons. The number of aromatic amines is 1. The molecule has 2 saturated heterocycles. The molecule has 9 heteroatoms. The van der Waals surface area contributed by atoms with Crippen LogP contribution >= 0.6 is 0 Å². The topological polar surface area (TPSA) is 109 Å². The van der Waals surface area contributed by atoms with E-state index in [2.05, 4.69) is 15.3 Å². The van der Waals surface area contributed by atoms with Crippen LogP contribution in [0.2, 0.25) is 0 Å². The average molecular weight is 421 g/mol. The summed E-state index contributed by atoms with van der Waals surface area (Å²) in [6.07, 6.45) is 1.88. The molecule has 2 amide bonds. The van der Waals surface area contributed by atoms with E-state index in [0.717, 1.165) is 22.5 Å². The maximum absolute atomic E-state index is 12.1. The minimum absolute atomic E-state index is 0.0411. The number of amides is 2. The molecule has 2 aromatic heterocycles. The molecule has 0 spiro atoms. The molecule has 2 atom stereocenters. The van der Waals surface area contributed by atoms with Gasteiger partial charge in [-0.15, -0.1) is 0 Å². The number of pyridine rings is 1. The fraction of sp³-hybridized carbons (Fsp3) is 0.364. The predicted octanol–water partition coefficient (Wildman–Crippen LogP) is 1.89. The number of carbonyl (C=O) groups is 2. The number of hydrogen-bond donors (Lipinski definition) is 2. The van der Waals surface area contributed by atoms with Gasteiger partial charge in [-0.2, -0.15) is 0 Å². The summed E-state index contributed by atoms with van der Waals surface area (Å²) in [5.74, 6) is 0.539. The number of nitrogens with zero attached hydrogens (tertiary/aromatic N) is 3. The van der Waals surface area contributed by atoms with E-state index in [1.54, 1.807) is 11.2 Å². The summed E-state index contributed by atoms with van der Waals surface area (Å²) in [5.41, 5.74) is 3.95. The number of morpholine rings is 1. The van der Waals surface area contributed by atoms with Crippen LogP contribution in [0.1, 0.15) is 13.3 Å². The highest BCUT2D eigenvalue weighted by molar-refractivity contribution is 5.95. The van der Waals surface area contributed by atoms with Gasteiger partial charge in [-0.05, 0) is 25.1 Å². The summed E-state index contributed by atoms with van der Waals surface area (Å²) in [6.45, 7) is 3.75. The monoisotopic (exact) mass is 421 g/mol. The van der Waals surface area contributed by atoms with Gasteiger partial charge in [0.15, 0.2) is 5.52 Å². The van der Waals surface area contributed by atoms with E-state index in [0.29, 0.717) is 37.5 Å². The molecule has 2 aliphatic heterocycles. The normalized spacial score (nSPS) is 20.2. The Labute approximate surface area is 178 Å². The van der Waals surface area contributed by atoms with Crippen LogP contribution in [0.3, 0.4) is 0 Å². The fourth-order valence-electron chi connectivity index (χ4n) is 3.98. The summed E-state index contributed by atoms with van der Waals surface area (Å²) in [6, 6.07) is 9.63. The highest BCUT2D eigenvalue weighted by atomic mass is 16.5. The SMILES string of the molecule is C[C@@H](Oc1nc(-c2ccc(N3CCOCC3=O)cc2)cc2[nH]cnc12)[C@H]1CNC(=O)C1. The lowest BCUT2D eigenvalue weighted by molar-refractivity contribution is -0.125. The molecule has 0 saturated carbocycles. The highest BCUT2D eigenvalue weighted by Crippen LogP contribution is 2.30. The van der Waals surface area contributed by atoms with E-state index in [4.69, 9.17) is 14.5 Å². The number of carbonyl (C=O) groups excluding carboxylic acids is 2. The van der Waals surface area contributed by atoms with Gasteiger partial charge < -0.3 is 24.7 Å². The van der Waals surface area contributed by atoms with Gasteiger partial charge in [0.05, 0.1) is 24.1 Å². The Bertz CT molecular complexity index is 1130. The molecule has 1 aromatic carbocycles. The molecule has 0 unspecified atom stereocenters. The van der Waals surface area contributed by atoms with E-state index in [1.165, 1.54) is 0 Å². The zero-order valence-corrected chi connectivity index (χ0v) is 17.1. The average Bonchev–Trinajstić information content (AvgIpc) is 3.43. The first-order chi connectivity index (χ1) is 15.1. The number of imidazole rings is 1. The Morgan fingerprint density at radius 3 is 2.84 bits per heavy atom. The lowest BCUT2D eigenvalue weighted by Crippen LogP contribution is -2.41. The minimum Gasteiger partial charge on any atom is -0.473 e. The smallest absolute Gasteiger partial charge is 0.253 e. The first kappa shape index (κ1) is 19.5. The predicted molar refractivity (Wildman–Crippen MR) is 114 cm³/mol. The standard InChI is InChI=1S/C22H23N5O4/c1-13(15-8-19(28)23-10-15)31-22-21-18(24-12-25-21)9-17(26-22)14-2-4-16(5-3-14)27-6-7-30-11-20(27)29/h2-5,9,12-13,15H,6-8,10-11H2,1H3,(H,23,28)(H,24,25)/t13-,15-/m1/s1. The van der Waals surface area contributed by atoms with Crippen LogP contribution in [0.5, 0.6) is 5.88 Å². The molecule has 31 heavy (non-hydrogen) atoms. The summed E-state index contributed by atoms with van der Waals surface area (Å²) < 4.78 is 11.4. The lowest BCUT2D eigenvalue weighted by atomic mass is 10.0. The Balaban J connectivity index is 1.42. The van der Waals surface area contributed by atoms with Gasteiger partial charge in [-0.3, -0.25) is 9.59 Å². The van der Waals surface area contributed by atoms with Crippen LogP contribution in [0, 0.1) is 5.92 Å². The summed E-state index contributed by atoms with van der Waals surface area (Å²) in [7, 11) is 0. The molecular formula is C22H23N5O4. The van der Waals surface area contributed by atoms with Crippen LogP contribution in [-0.4, -0.2) is 59.2 Å². The van der Waals surface area contributed by atoms with Crippen molar-refractivity contribution in [2.75, 3.05) is 31.2 Å². The van der Waals surface area contributed by atoms with Crippen LogP contribution in [0.4, 0.5) is 5.69 Å². The zero-order chi connectivity index (χ0) is 21.4. The first-order valence-electron chi connectivity index (χ1n) is 10.3. The lowest BCUT2D eigenvalue weighted by Gasteiger charge is -2.26. The minimum atomic E-state index is -0.184. The van der Waals surface area contributed by atoms with Crippen molar-refractivity contribution in [1.29, 1.82) is 0 Å². The Morgan fingerprint density at radius 1 is 1.26 bits per heavy atom. The number of aromatic nitrogens is 3. The van der Waals surface area contributed by atoms with E-state index in [9.17, 15) is 9.59 Å². The first-order valence-corrected chi connectivity index (χ1v) is 10.3. The van der Waals surface area contributed by atoms with Gasteiger partial charge in [0.25, 0.3) is 5.91 Å². The number of ether oxygens (including phenoxy) is 2. The summed E-state index contributed by atoms with van der Waals surface area (Å²) in [4.78, 5) is 37.6. The number of fused-ring (bicyclic) bond motifs is 1. The Morgan fingerprint density at radius 2 is 2.10 bits per heavy atom. The number of rotatable bonds is 5. The molecule has 5 rings (SSSR count). The fourth-order valence-corrected chi connectivity index (χ4v) is 3.98. The van der Waals surface area contributed by atoms with Gasteiger partial charge in [0.1, 0.15) is 12.7 Å². The third kappa shape index (κ3) is 3.84. The van der Waals surface area contributed by atoms with Crippen molar-refractivity contribution in [2.24, 2.45) is 5.92 Å². The molecule has 2 N–H and O–H groups in total. The third-order valence-corrected chi connectivity index (χ3v) is 5.81. The number of nitrogens with one attached hydrogen (secondary N) is 2. The molecule has 0 radical (unpaired) electrons. The molecule has 2 aliphatic rings. The maximum Gasteiger partial charge on any atom is 0.253 e. The number of H-pyrrole nitrogens is 1. The van der Waals surface area contributed by atoms with E-state index in [1.807, 2.05) is 37.3 Å². The number of benzene rings is 1. The van der Waals surface area contributed by atoms with Gasteiger partial charge in [0, 0.05) is 36.7 Å². The van der Waals surface area contributed by atoms with Crippen molar-refractivity contribution in [3.63, 3.8) is 0 Å².